The second-order valence-electron chi connectivity index (χ2n) is 4.23. The molecule has 100 valence electrons. The van der Waals surface area contributed by atoms with Crippen molar-refractivity contribution >= 4 is 28.4 Å². The minimum absolute atomic E-state index is 0.350. The topological polar surface area (TPSA) is 38.9 Å². The second kappa shape index (κ2) is 5.09. The van der Waals surface area contributed by atoms with E-state index in [0.29, 0.717) is 16.1 Å². The van der Waals surface area contributed by atoms with Gasteiger partial charge in [-0.05, 0) is 36.4 Å². The van der Waals surface area contributed by atoms with E-state index in [2.05, 4.69) is 4.98 Å². The van der Waals surface area contributed by atoms with Crippen LogP contribution >= 0.6 is 11.8 Å². The van der Waals surface area contributed by atoms with Crippen LogP contribution in [0.15, 0.2) is 58.5 Å². The number of nitrogen functional groups attached to an aromatic ring is 1. The van der Waals surface area contributed by atoms with E-state index >= 15 is 0 Å². The van der Waals surface area contributed by atoms with Gasteiger partial charge in [-0.15, -0.1) is 0 Å². The van der Waals surface area contributed by atoms with Crippen molar-refractivity contribution in [1.29, 1.82) is 0 Å². The molecule has 1 aromatic heterocycles. The van der Waals surface area contributed by atoms with Crippen LogP contribution in [-0.4, -0.2) is 4.98 Å². The third kappa shape index (κ3) is 2.32. The van der Waals surface area contributed by atoms with Crippen LogP contribution in [0.3, 0.4) is 0 Å². The van der Waals surface area contributed by atoms with Gasteiger partial charge in [0, 0.05) is 33.1 Å². The van der Waals surface area contributed by atoms with Crippen LogP contribution in [0.2, 0.25) is 0 Å². The standard InChI is InChI=1S/C15H10F2N2S/c16-9-3-5-13(11(17)8-9)20-14-6-4-12(18)10-2-1-7-19-15(10)14/h1-8H,18H2. The highest BCUT2D eigenvalue weighted by atomic mass is 32.2. The molecule has 3 aromatic rings. The van der Waals surface area contributed by atoms with Gasteiger partial charge in [0.05, 0.1) is 5.52 Å². The Balaban J connectivity index is 2.09. The van der Waals surface area contributed by atoms with E-state index in [9.17, 15) is 8.78 Å². The highest BCUT2D eigenvalue weighted by Gasteiger charge is 2.10. The summed E-state index contributed by atoms with van der Waals surface area (Å²) < 4.78 is 26.6. The first-order valence-corrected chi connectivity index (χ1v) is 6.73. The first-order chi connectivity index (χ1) is 9.65. The molecule has 0 aliphatic heterocycles. The average Bonchev–Trinajstić information content (AvgIpc) is 2.45. The van der Waals surface area contributed by atoms with Gasteiger partial charge in [-0.2, -0.15) is 0 Å². The van der Waals surface area contributed by atoms with Crippen LogP contribution in [0.1, 0.15) is 0 Å². The number of hydrogen-bond acceptors (Lipinski definition) is 3. The Morgan fingerprint density at radius 3 is 2.60 bits per heavy atom. The molecule has 0 spiro atoms. The van der Waals surface area contributed by atoms with Gasteiger partial charge in [-0.1, -0.05) is 11.8 Å². The lowest BCUT2D eigenvalue weighted by Gasteiger charge is -2.08. The molecule has 0 unspecified atom stereocenters. The Morgan fingerprint density at radius 2 is 1.80 bits per heavy atom. The number of nitrogens with two attached hydrogens (primary N) is 1. The predicted molar refractivity (Wildman–Crippen MR) is 76.6 cm³/mol. The molecule has 0 aliphatic carbocycles. The lowest BCUT2D eigenvalue weighted by Crippen LogP contribution is -1.91. The maximum absolute atomic E-state index is 13.7. The van der Waals surface area contributed by atoms with Gasteiger partial charge in [-0.3, -0.25) is 4.98 Å². The number of hydrogen-bond donors (Lipinski definition) is 1. The number of fused-ring (bicyclic) bond motifs is 1. The largest absolute Gasteiger partial charge is 0.398 e. The zero-order chi connectivity index (χ0) is 14.1. The lowest BCUT2D eigenvalue weighted by molar-refractivity contribution is 0.566. The Hall–Kier alpha value is -2.14. The monoisotopic (exact) mass is 288 g/mol. The van der Waals surface area contributed by atoms with Gasteiger partial charge in [0.25, 0.3) is 0 Å². The zero-order valence-electron chi connectivity index (χ0n) is 10.3. The van der Waals surface area contributed by atoms with E-state index in [1.54, 1.807) is 24.4 Å². The van der Waals surface area contributed by atoms with E-state index in [1.165, 1.54) is 23.9 Å². The van der Waals surface area contributed by atoms with Crippen molar-refractivity contribution in [2.45, 2.75) is 9.79 Å². The van der Waals surface area contributed by atoms with Crippen molar-refractivity contribution in [2.24, 2.45) is 0 Å². The van der Waals surface area contributed by atoms with Gasteiger partial charge in [0.15, 0.2) is 0 Å². The summed E-state index contributed by atoms with van der Waals surface area (Å²) in [5.41, 5.74) is 7.23. The summed E-state index contributed by atoms with van der Waals surface area (Å²) in [5.74, 6) is -1.18. The van der Waals surface area contributed by atoms with E-state index in [4.69, 9.17) is 5.73 Å². The molecular formula is C15H10F2N2S. The minimum Gasteiger partial charge on any atom is -0.398 e. The second-order valence-corrected chi connectivity index (χ2v) is 5.31. The molecule has 0 saturated heterocycles. The molecule has 2 N–H and O–H groups in total. The molecule has 2 nitrogen and oxygen atoms in total. The summed E-state index contributed by atoms with van der Waals surface area (Å²) in [7, 11) is 0. The first kappa shape index (κ1) is 12.9. The van der Waals surface area contributed by atoms with Crippen molar-refractivity contribution in [2.75, 3.05) is 5.73 Å². The van der Waals surface area contributed by atoms with Crippen LogP contribution in [0.5, 0.6) is 0 Å². The summed E-state index contributed by atoms with van der Waals surface area (Å²) >= 11 is 1.20. The van der Waals surface area contributed by atoms with Crippen LogP contribution in [0.25, 0.3) is 10.9 Å². The highest BCUT2D eigenvalue weighted by Crippen LogP contribution is 2.35. The predicted octanol–water partition coefficient (Wildman–Crippen LogP) is 4.25. The molecule has 20 heavy (non-hydrogen) atoms. The molecule has 1 heterocycles. The lowest BCUT2D eigenvalue weighted by atomic mass is 10.2. The molecule has 0 saturated carbocycles. The zero-order valence-corrected chi connectivity index (χ0v) is 11.1. The third-order valence-electron chi connectivity index (χ3n) is 2.88. The number of benzene rings is 2. The van der Waals surface area contributed by atoms with Crippen LogP contribution < -0.4 is 5.73 Å². The fourth-order valence-electron chi connectivity index (χ4n) is 1.93. The van der Waals surface area contributed by atoms with E-state index in [0.717, 1.165) is 16.3 Å². The van der Waals surface area contributed by atoms with E-state index < -0.39 is 11.6 Å². The summed E-state index contributed by atoms with van der Waals surface area (Å²) in [6, 6.07) is 10.7. The van der Waals surface area contributed by atoms with Crippen molar-refractivity contribution in [1.82, 2.24) is 4.98 Å². The number of aromatic nitrogens is 1. The Morgan fingerprint density at radius 1 is 1.00 bits per heavy atom. The van der Waals surface area contributed by atoms with Crippen molar-refractivity contribution in [3.05, 3.63) is 60.3 Å². The van der Waals surface area contributed by atoms with Crippen LogP contribution in [0.4, 0.5) is 14.5 Å². The van der Waals surface area contributed by atoms with Crippen LogP contribution in [0, 0.1) is 11.6 Å². The molecule has 0 bridgehead atoms. The maximum atomic E-state index is 13.7. The number of pyridine rings is 1. The first-order valence-electron chi connectivity index (χ1n) is 5.91. The van der Waals surface area contributed by atoms with Gasteiger partial charge in [-0.25, -0.2) is 8.78 Å². The summed E-state index contributed by atoms with van der Waals surface area (Å²) in [6.07, 6.45) is 1.66. The summed E-state index contributed by atoms with van der Waals surface area (Å²) in [5, 5.41) is 0.819. The van der Waals surface area contributed by atoms with E-state index in [-0.39, 0.29) is 0 Å². The maximum Gasteiger partial charge on any atom is 0.140 e. The molecule has 5 heteroatoms. The van der Waals surface area contributed by atoms with Crippen molar-refractivity contribution in [3.63, 3.8) is 0 Å². The number of halogens is 2. The summed E-state index contributed by atoms with van der Waals surface area (Å²) in [6.45, 7) is 0. The minimum atomic E-state index is -0.591. The number of anilines is 1. The van der Waals surface area contributed by atoms with Gasteiger partial charge >= 0.3 is 0 Å². The molecule has 0 radical (unpaired) electrons. The summed E-state index contributed by atoms with van der Waals surface area (Å²) in [4.78, 5) is 5.42. The molecule has 0 atom stereocenters. The van der Waals surface area contributed by atoms with E-state index in [1.807, 2.05) is 6.07 Å². The molecule has 0 fully saturated rings. The quantitative estimate of drug-likeness (QED) is 0.717. The Bertz CT molecular complexity index is 790. The fraction of sp³-hybridized carbons (Fsp3) is 0. The molecule has 2 aromatic carbocycles. The molecule has 3 rings (SSSR count). The van der Waals surface area contributed by atoms with Gasteiger partial charge < -0.3 is 5.73 Å². The number of nitrogens with zero attached hydrogens (tertiary/aromatic N) is 1. The van der Waals surface area contributed by atoms with Gasteiger partial charge in [0.1, 0.15) is 11.6 Å². The number of rotatable bonds is 2. The normalized spacial score (nSPS) is 10.9. The van der Waals surface area contributed by atoms with Crippen LogP contribution in [-0.2, 0) is 0 Å². The Labute approximate surface area is 118 Å². The SMILES string of the molecule is Nc1ccc(Sc2ccc(F)cc2F)c2ncccc12. The third-order valence-corrected chi connectivity index (χ3v) is 3.98. The van der Waals surface area contributed by atoms with Crippen molar-refractivity contribution < 1.29 is 8.78 Å². The van der Waals surface area contributed by atoms with Crippen molar-refractivity contribution in [3.8, 4) is 0 Å². The fourth-order valence-corrected chi connectivity index (χ4v) is 2.85. The molecular weight excluding hydrogens is 278 g/mol. The molecule has 0 aliphatic rings. The van der Waals surface area contributed by atoms with Gasteiger partial charge in [0.2, 0.25) is 0 Å². The smallest absolute Gasteiger partial charge is 0.140 e. The average molecular weight is 288 g/mol. The Kier molecular flexibility index (Phi) is 3.28. The highest BCUT2D eigenvalue weighted by molar-refractivity contribution is 7.99. The molecule has 0 amide bonds.